The Morgan fingerprint density at radius 1 is 1.17 bits per heavy atom. The summed E-state index contributed by atoms with van der Waals surface area (Å²) in [6, 6.07) is 13.7. The summed E-state index contributed by atoms with van der Waals surface area (Å²) in [4.78, 5) is 41.5. The molecule has 1 saturated carbocycles. The van der Waals surface area contributed by atoms with Gasteiger partial charge in [-0.05, 0) is 54.8 Å². The molecule has 1 aromatic heterocycles. The van der Waals surface area contributed by atoms with Crippen LogP contribution in [0, 0.1) is 5.41 Å². The highest BCUT2D eigenvalue weighted by Crippen LogP contribution is 2.49. The molecule has 7 rings (SSSR count). The van der Waals surface area contributed by atoms with Gasteiger partial charge >= 0.3 is 0 Å². The van der Waals surface area contributed by atoms with Crippen LogP contribution in [0.25, 0.3) is 0 Å². The van der Waals surface area contributed by atoms with E-state index in [1.165, 1.54) is 7.11 Å². The Bertz CT molecular complexity index is 1420. The van der Waals surface area contributed by atoms with Gasteiger partial charge in [0.1, 0.15) is 11.9 Å². The number of likely N-dealkylation sites (tertiary alicyclic amines) is 1. The third-order valence-electron chi connectivity index (χ3n) is 7.97. The van der Waals surface area contributed by atoms with Crippen molar-refractivity contribution in [2.75, 3.05) is 26.8 Å². The minimum Gasteiger partial charge on any atom is -0.493 e. The fourth-order valence-corrected chi connectivity index (χ4v) is 5.46. The van der Waals surface area contributed by atoms with Crippen LogP contribution in [-0.4, -0.2) is 71.4 Å². The molecular weight excluding hydrogens is 526 g/mol. The van der Waals surface area contributed by atoms with Crippen molar-refractivity contribution >= 4 is 17.7 Å². The first-order valence-corrected chi connectivity index (χ1v) is 13.8. The number of nitrogens with one attached hydrogen (secondary N) is 2. The molecule has 3 aliphatic heterocycles. The summed E-state index contributed by atoms with van der Waals surface area (Å²) < 4.78 is 19.3. The van der Waals surface area contributed by atoms with Gasteiger partial charge in [0.05, 0.1) is 25.1 Å². The van der Waals surface area contributed by atoms with Gasteiger partial charge < -0.3 is 29.7 Å². The summed E-state index contributed by atoms with van der Waals surface area (Å²) in [5.41, 5.74) is 0.796. The number of hydrogen-bond donors (Lipinski definition) is 2. The number of carbonyl (C=O) groups excluding carboxylic acids is 3. The van der Waals surface area contributed by atoms with Crippen LogP contribution >= 0.6 is 0 Å². The average Bonchev–Trinajstić information content (AvgIpc) is 3.59. The lowest BCUT2D eigenvalue weighted by molar-refractivity contribution is -0.140. The molecule has 2 aromatic carbocycles. The summed E-state index contributed by atoms with van der Waals surface area (Å²) in [5, 5.41) is 10.2. The van der Waals surface area contributed by atoms with Gasteiger partial charge in [-0.1, -0.05) is 12.1 Å². The van der Waals surface area contributed by atoms with Gasteiger partial charge in [0.25, 0.3) is 11.8 Å². The van der Waals surface area contributed by atoms with Crippen LogP contribution in [0.1, 0.15) is 35.2 Å². The normalized spacial score (nSPS) is 21.8. The van der Waals surface area contributed by atoms with Crippen LogP contribution in [0.3, 0.4) is 0 Å². The zero-order valence-corrected chi connectivity index (χ0v) is 22.9. The number of fused-ring (bicyclic) bond motifs is 7. The monoisotopic (exact) mass is 559 g/mol. The zero-order chi connectivity index (χ0) is 28.4. The predicted molar refractivity (Wildman–Crippen MR) is 148 cm³/mol. The van der Waals surface area contributed by atoms with Crippen LogP contribution in [0.5, 0.6) is 17.2 Å². The molecule has 2 atom stereocenters. The molecule has 2 N–H and O–H groups in total. The average molecular weight is 560 g/mol. The van der Waals surface area contributed by atoms with Crippen LogP contribution in [0.4, 0.5) is 0 Å². The van der Waals surface area contributed by atoms with E-state index in [0.717, 1.165) is 18.4 Å². The first-order chi connectivity index (χ1) is 19.9. The molecule has 3 amide bonds. The Labute approximate surface area is 237 Å². The Kier molecular flexibility index (Phi) is 7.25. The Morgan fingerprint density at radius 3 is 2.73 bits per heavy atom. The third-order valence-corrected chi connectivity index (χ3v) is 7.97. The van der Waals surface area contributed by atoms with Gasteiger partial charge in [0.2, 0.25) is 5.91 Å². The summed E-state index contributed by atoms with van der Waals surface area (Å²) in [5.74, 6) is 0.790. The molecule has 4 heterocycles. The maximum atomic E-state index is 13.7. The standard InChI is InChI=1S/C30H33N5O6/c1-39-25-8-5-21-15-26(25)40-18-27(36)31-16-20-3-6-22(7-4-20)41-24-9-14-34(17-23(24)33-28(21)37)29(38)30(10-11-30)19-35-13-2-12-32-35/h2-8,12-13,15,23-24H,9-11,14,16-19H2,1H3,(H,31,36)(H,33,37)/t23-,24+/m0/s1. The van der Waals surface area contributed by atoms with E-state index in [2.05, 4.69) is 15.7 Å². The molecule has 0 spiro atoms. The van der Waals surface area contributed by atoms with Gasteiger partial charge in [-0.15, -0.1) is 0 Å². The summed E-state index contributed by atoms with van der Waals surface area (Å²) in [7, 11) is 1.50. The number of aromatic nitrogens is 2. The lowest BCUT2D eigenvalue weighted by Gasteiger charge is -2.40. The number of amides is 3. The van der Waals surface area contributed by atoms with E-state index in [9.17, 15) is 14.4 Å². The molecule has 4 aliphatic rings. The van der Waals surface area contributed by atoms with E-state index in [4.69, 9.17) is 14.2 Å². The molecule has 3 aromatic rings. The smallest absolute Gasteiger partial charge is 0.258 e. The van der Waals surface area contributed by atoms with Gasteiger partial charge in [0, 0.05) is 44.0 Å². The van der Waals surface area contributed by atoms with E-state index in [1.807, 2.05) is 46.1 Å². The van der Waals surface area contributed by atoms with Crippen molar-refractivity contribution in [3.05, 3.63) is 72.1 Å². The van der Waals surface area contributed by atoms with Crippen molar-refractivity contribution in [1.82, 2.24) is 25.3 Å². The Hall–Kier alpha value is -4.54. The van der Waals surface area contributed by atoms with E-state index >= 15 is 0 Å². The lowest BCUT2D eigenvalue weighted by Crippen LogP contribution is -2.59. The predicted octanol–water partition coefficient (Wildman–Crippen LogP) is 2.16. The van der Waals surface area contributed by atoms with Crippen LogP contribution in [0.15, 0.2) is 60.9 Å². The molecule has 0 radical (unpaired) electrons. The van der Waals surface area contributed by atoms with Gasteiger partial charge in [-0.2, -0.15) is 5.10 Å². The van der Waals surface area contributed by atoms with Crippen molar-refractivity contribution in [2.45, 2.75) is 44.5 Å². The quantitative estimate of drug-likeness (QED) is 0.502. The first-order valence-electron chi connectivity index (χ1n) is 13.8. The first kappa shape index (κ1) is 26.7. The Balaban J connectivity index is 1.26. The molecule has 0 unspecified atom stereocenters. The fourth-order valence-electron chi connectivity index (χ4n) is 5.46. The number of rotatable bonds is 4. The highest BCUT2D eigenvalue weighted by Gasteiger charge is 2.53. The lowest BCUT2D eigenvalue weighted by atomic mass is 9.97. The van der Waals surface area contributed by atoms with Gasteiger partial charge in [-0.25, -0.2) is 0 Å². The second-order valence-electron chi connectivity index (χ2n) is 10.8. The highest BCUT2D eigenvalue weighted by molar-refractivity contribution is 5.95. The van der Waals surface area contributed by atoms with E-state index < -0.39 is 11.5 Å². The van der Waals surface area contributed by atoms with Crippen molar-refractivity contribution in [1.29, 1.82) is 0 Å². The number of methoxy groups -OCH3 is 1. The number of ether oxygens (including phenoxy) is 3. The molecule has 4 bridgehead atoms. The second kappa shape index (κ2) is 11.1. The molecule has 41 heavy (non-hydrogen) atoms. The SMILES string of the molecule is COc1ccc2cc1OCC(=O)NCc1ccc(cc1)O[C@@H]1CCN(C(=O)C3(Cn4cccn4)CC3)C[C@@H]1NC2=O. The summed E-state index contributed by atoms with van der Waals surface area (Å²) >= 11 is 0. The summed E-state index contributed by atoms with van der Waals surface area (Å²) in [6.45, 7) is 1.51. The number of carbonyl (C=O) groups is 3. The molecule has 214 valence electrons. The number of benzene rings is 2. The molecule has 11 heteroatoms. The van der Waals surface area contributed by atoms with Crippen molar-refractivity contribution in [3.63, 3.8) is 0 Å². The van der Waals surface area contributed by atoms with Gasteiger partial charge in [-0.3, -0.25) is 19.1 Å². The maximum Gasteiger partial charge on any atom is 0.258 e. The van der Waals surface area contributed by atoms with E-state index in [1.54, 1.807) is 24.4 Å². The fraction of sp³-hybridized carbons (Fsp3) is 0.400. The molecule has 11 nitrogen and oxygen atoms in total. The van der Waals surface area contributed by atoms with Crippen molar-refractivity contribution in [3.8, 4) is 17.2 Å². The minimum atomic E-state index is -0.454. The number of hydrogen-bond acceptors (Lipinski definition) is 7. The number of piperidine rings is 1. The highest BCUT2D eigenvalue weighted by atomic mass is 16.5. The second-order valence-corrected chi connectivity index (χ2v) is 10.8. The molecule has 2 fully saturated rings. The summed E-state index contributed by atoms with van der Waals surface area (Å²) in [6.07, 6.45) is 5.44. The van der Waals surface area contributed by atoms with E-state index in [0.29, 0.717) is 49.7 Å². The van der Waals surface area contributed by atoms with Crippen LogP contribution in [0.2, 0.25) is 0 Å². The topological polar surface area (TPSA) is 124 Å². The Morgan fingerprint density at radius 2 is 2.00 bits per heavy atom. The molecule has 1 aliphatic carbocycles. The zero-order valence-electron chi connectivity index (χ0n) is 22.9. The minimum absolute atomic E-state index is 0.0887. The maximum absolute atomic E-state index is 13.7. The third kappa shape index (κ3) is 5.84. The van der Waals surface area contributed by atoms with Crippen LogP contribution < -0.4 is 24.8 Å². The largest absolute Gasteiger partial charge is 0.493 e. The van der Waals surface area contributed by atoms with Crippen LogP contribution in [-0.2, 0) is 22.7 Å². The van der Waals surface area contributed by atoms with Crippen molar-refractivity contribution < 1.29 is 28.6 Å². The van der Waals surface area contributed by atoms with Gasteiger partial charge in [0.15, 0.2) is 18.1 Å². The van der Waals surface area contributed by atoms with Crippen molar-refractivity contribution in [2.24, 2.45) is 5.41 Å². The number of nitrogens with zero attached hydrogens (tertiary/aromatic N) is 3. The van der Waals surface area contributed by atoms with E-state index in [-0.39, 0.29) is 36.2 Å². The molecule has 1 saturated heterocycles. The molecular formula is C30H33N5O6.